The Morgan fingerprint density at radius 3 is 1.91 bits per heavy atom. The summed E-state index contributed by atoms with van der Waals surface area (Å²) >= 11 is 0. The molecule has 0 radical (unpaired) electrons. The zero-order chi connectivity index (χ0) is 34.8. The largest absolute Gasteiger partial charge is 0.425 e. The molecule has 0 spiro atoms. The Kier molecular flexibility index (Phi) is 18.8. The van der Waals surface area contributed by atoms with Gasteiger partial charge in [-0.1, -0.05) is 33.8 Å². The van der Waals surface area contributed by atoms with Crippen molar-refractivity contribution in [3.8, 4) is 0 Å². The molecule has 2 aromatic rings. The molecule has 0 aliphatic carbocycles. The lowest BCUT2D eigenvalue weighted by Gasteiger charge is -2.34. The van der Waals surface area contributed by atoms with Crippen molar-refractivity contribution in [3.05, 3.63) is 24.3 Å². The maximum atomic E-state index is 11.5. The summed E-state index contributed by atoms with van der Waals surface area (Å²) in [5.74, 6) is -0.284. The van der Waals surface area contributed by atoms with E-state index in [0.717, 1.165) is 6.26 Å². The number of nitrogens with one attached hydrogen (secondary N) is 3. The van der Waals surface area contributed by atoms with Gasteiger partial charge in [0, 0.05) is 51.5 Å². The molecule has 0 bridgehead atoms. The quantitative estimate of drug-likeness (QED) is 0.179. The van der Waals surface area contributed by atoms with Crippen molar-refractivity contribution in [1.29, 1.82) is 0 Å². The Bertz CT molecular complexity index is 1630. The Labute approximate surface area is 265 Å². The maximum absolute atomic E-state index is 11.5. The van der Waals surface area contributed by atoms with Crippen LogP contribution in [-0.2, 0) is 40.9 Å². The van der Waals surface area contributed by atoms with E-state index in [0.29, 0.717) is 32.7 Å². The highest BCUT2D eigenvalue weighted by Crippen LogP contribution is 2.21. The van der Waals surface area contributed by atoms with Gasteiger partial charge in [0.25, 0.3) is 20.2 Å². The third kappa shape index (κ3) is 19.1. The number of aromatic nitrogens is 3. The Morgan fingerprint density at radius 2 is 1.40 bits per heavy atom. The smallest absolute Gasteiger partial charge is 0.353 e. The molecule has 0 unspecified atom stereocenters. The third-order valence-electron chi connectivity index (χ3n) is 5.10. The van der Waals surface area contributed by atoms with Crippen molar-refractivity contribution in [2.45, 2.75) is 32.6 Å². The summed E-state index contributed by atoms with van der Waals surface area (Å²) in [5.41, 5.74) is 0.263. The molecule has 258 valence electrons. The van der Waals surface area contributed by atoms with E-state index in [9.17, 15) is 29.8 Å². The van der Waals surface area contributed by atoms with Crippen LogP contribution in [0.5, 0.6) is 0 Å². The molecule has 5 N–H and O–H groups in total. The molecule has 3 rings (SSSR count). The highest BCUT2D eigenvalue weighted by Gasteiger charge is 2.21. The van der Waals surface area contributed by atoms with E-state index in [1.165, 1.54) is 24.3 Å². The molecule has 1 aliphatic rings. The van der Waals surface area contributed by atoms with Crippen LogP contribution in [0.25, 0.3) is 0 Å². The van der Waals surface area contributed by atoms with Crippen LogP contribution in [0, 0.1) is 0 Å². The maximum Gasteiger partial charge on any atom is 0.425 e. The van der Waals surface area contributed by atoms with Crippen molar-refractivity contribution in [2.75, 3.05) is 73.4 Å². The molecule has 1 aliphatic heterocycles. The van der Waals surface area contributed by atoms with Crippen LogP contribution in [0.4, 0.5) is 23.5 Å². The van der Waals surface area contributed by atoms with Gasteiger partial charge in [-0.2, -0.15) is 31.8 Å². The first-order chi connectivity index (χ1) is 20.9. The second kappa shape index (κ2) is 20.1. The van der Waals surface area contributed by atoms with Gasteiger partial charge in [0.1, 0.15) is 0 Å². The van der Waals surface area contributed by atoms with Crippen LogP contribution in [0.2, 0.25) is 0 Å². The van der Waals surface area contributed by atoms with Gasteiger partial charge in [-0.25, -0.2) is 13.1 Å². The van der Waals surface area contributed by atoms with Crippen LogP contribution in [0.3, 0.4) is 0 Å². The van der Waals surface area contributed by atoms with Gasteiger partial charge in [-0.05, 0) is 18.2 Å². The van der Waals surface area contributed by atoms with Crippen molar-refractivity contribution in [2.24, 2.45) is 0 Å². The second-order valence-corrected chi connectivity index (χ2v) is 13.6. The van der Waals surface area contributed by atoms with Gasteiger partial charge >= 0.3 is 10.6 Å². The first-order valence-corrected chi connectivity index (χ1v) is 19.3. The van der Waals surface area contributed by atoms with E-state index >= 15 is 0 Å². The lowest BCUT2D eigenvalue weighted by molar-refractivity contribution is 0.261. The lowest BCUT2D eigenvalue weighted by atomic mass is 10.3. The number of benzene rings is 1. The van der Waals surface area contributed by atoms with Crippen molar-refractivity contribution in [3.63, 3.8) is 0 Å². The predicted molar refractivity (Wildman–Crippen MR) is 168 cm³/mol. The lowest BCUT2D eigenvalue weighted by Crippen LogP contribution is -2.49. The Hall–Kier alpha value is -3.06. The second-order valence-electron chi connectivity index (χ2n) is 8.32. The van der Waals surface area contributed by atoms with Gasteiger partial charge in [0.15, 0.2) is 0 Å². The normalized spacial score (nSPS) is 13.5. The third-order valence-corrected chi connectivity index (χ3v) is 7.40. The standard InChI is InChI=1S/C18H28N8O8S3.2C2H6.O3S/c1-35(27,28)20-5-7-25-8-10-26(11-9-25)18-23-16(19-6-12-36(29,30)31)22-17(24-18)21-14-3-2-4-15(13-14)37(32,33)34;2*1-2;1-4(2)3/h2-4,13,20H,5-12H2,1H3,(H,29,30,31)(H,32,33,34)(H2,19,21,22,23,24);2*1-2H3;. The summed E-state index contributed by atoms with van der Waals surface area (Å²) in [7, 11) is -15.0. The molecule has 1 saturated heterocycles. The number of nitrogens with zero attached hydrogens (tertiary/aromatic N) is 5. The minimum absolute atomic E-state index is 0.0156. The number of piperazine rings is 1. The molecule has 1 aromatic heterocycles. The van der Waals surface area contributed by atoms with E-state index in [4.69, 9.17) is 17.2 Å². The monoisotopic (exact) mass is 720 g/mol. The van der Waals surface area contributed by atoms with Gasteiger partial charge in [-0.15, -0.1) is 12.6 Å². The topological polar surface area (TPSA) is 275 Å². The van der Waals surface area contributed by atoms with Crippen LogP contribution >= 0.6 is 0 Å². The molecule has 2 heterocycles. The van der Waals surface area contributed by atoms with E-state index in [1.54, 1.807) is 0 Å². The first kappa shape index (κ1) is 41.9. The highest BCUT2D eigenvalue weighted by atomic mass is 32.2. The molecule has 1 aromatic carbocycles. The number of rotatable bonds is 12. The fourth-order valence-electron chi connectivity index (χ4n) is 3.36. The number of hydrogen-bond acceptors (Lipinski definition) is 16. The van der Waals surface area contributed by atoms with E-state index < -0.39 is 46.6 Å². The molecular formula is C22H40N8O11S4. The molecule has 23 heteroatoms. The predicted octanol–water partition coefficient (Wildman–Crippen LogP) is -0.119. The van der Waals surface area contributed by atoms with Gasteiger partial charge in [0.2, 0.25) is 27.9 Å². The van der Waals surface area contributed by atoms with E-state index in [1.807, 2.05) is 32.6 Å². The van der Waals surface area contributed by atoms with Crippen molar-refractivity contribution >= 4 is 64.4 Å². The van der Waals surface area contributed by atoms with Crippen LogP contribution in [0.1, 0.15) is 27.7 Å². The van der Waals surface area contributed by atoms with Crippen molar-refractivity contribution in [1.82, 2.24) is 24.6 Å². The van der Waals surface area contributed by atoms with Gasteiger partial charge in [-0.3, -0.25) is 14.0 Å². The zero-order valence-corrected chi connectivity index (χ0v) is 28.7. The molecule has 0 amide bonds. The summed E-state index contributed by atoms with van der Waals surface area (Å²) < 4.78 is 114. The molecule has 0 saturated carbocycles. The number of anilines is 4. The Balaban J connectivity index is 0.00000220. The summed E-state index contributed by atoms with van der Waals surface area (Å²) in [5, 5.41) is 5.56. The van der Waals surface area contributed by atoms with Crippen LogP contribution in [0.15, 0.2) is 29.2 Å². The minimum Gasteiger partial charge on any atom is -0.353 e. The molecule has 45 heavy (non-hydrogen) atoms. The minimum atomic E-state index is -4.43. The highest BCUT2D eigenvalue weighted by molar-refractivity contribution is 7.88. The fourth-order valence-corrected chi connectivity index (χ4v) is 4.71. The SMILES string of the molecule is CC.CC.CS(=O)(=O)NCCN1CCN(c2nc(NCCS(=O)(=O)O)nc(Nc3cccc(S(=O)(=O)O)c3)n2)CC1.O=S(=O)=O. The number of hydrogen-bond donors (Lipinski definition) is 5. The fraction of sp³-hybridized carbons (Fsp3) is 0.591. The van der Waals surface area contributed by atoms with Crippen LogP contribution < -0.4 is 20.3 Å². The molecular weight excluding hydrogens is 681 g/mol. The van der Waals surface area contributed by atoms with Gasteiger partial charge < -0.3 is 15.5 Å². The van der Waals surface area contributed by atoms with Crippen LogP contribution in [-0.4, -0.2) is 125 Å². The summed E-state index contributed by atoms with van der Waals surface area (Å²) in [6.45, 7) is 10.8. The zero-order valence-electron chi connectivity index (χ0n) is 25.4. The van der Waals surface area contributed by atoms with Crippen molar-refractivity contribution < 1.29 is 47.0 Å². The summed E-state index contributed by atoms with van der Waals surface area (Å²) in [6, 6.07) is 5.35. The number of sulfonamides is 1. The molecule has 0 atom stereocenters. The summed E-state index contributed by atoms with van der Waals surface area (Å²) in [4.78, 5) is 16.5. The molecule has 19 nitrogen and oxygen atoms in total. The van der Waals surface area contributed by atoms with E-state index in [-0.39, 0.29) is 41.5 Å². The Morgan fingerprint density at radius 1 is 0.844 bits per heavy atom. The van der Waals surface area contributed by atoms with Gasteiger partial charge in [0.05, 0.1) is 16.9 Å². The first-order valence-electron chi connectivity index (χ1n) is 13.4. The summed E-state index contributed by atoms with van der Waals surface area (Å²) in [6.07, 6.45) is 1.10. The average Bonchev–Trinajstić information content (AvgIpc) is 2.94. The van der Waals surface area contributed by atoms with E-state index in [2.05, 4.69) is 35.2 Å². The average molecular weight is 721 g/mol. The molecule has 1 fully saturated rings.